The highest BCUT2D eigenvalue weighted by atomic mass is 35.5. The third-order valence-corrected chi connectivity index (χ3v) is 9.31. The second-order valence-electron chi connectivity index (χ2n) is 13.6. The number of rotatable bonds is 3. The van der Waals surface area contributed by atoms with Crippen LogP contribution in [0, 0.1) is 17.4 Å². The van der Waals surface area contributed by atoms with Crippen molar-refractivity contribution in [2.24, 2.45) is 5.92 Å². The second-order valence-corrected chi connectivity index (χ2v) is 14.0. The van der Waals surface area contributed by atoms with E-state index in [1.165, 1.54) is 9.80 Å². The first-order valence-corrected chi connectivity index (χ1v) is 16.4. The van der Waals surface area contributed by atoms with E-state index in [1.807, 2.05) is 24.3 Å². The van der Waals surface area contributed by atoms with E-state index in [9.17, 15) is 24.0 Å². The van der Waals surface area contributed by atoms with Gasteiger partial charge in [0.05, 0.1) is 13.1 Å². The molecule has 1 aromatic carbocycles. The van der Waals surface area contributed by atoms with Gasteiger partial charge in [-0.1, -0.05) is 48.7 Å². The molecular weight excluding hydrogens is 628 g/mol. The zero-order chi connectivity index (χ0) is 33.9. The number of halogens is 1. The summed E-state index contributed by atoms with van der Waals surface area (Å²) in [4.78, 5) is 70.1. The maximum absolute atomic E-state index is 14.2. The van der Waals surface area contributed by atoms with E-state index in [-0.39, 0.29) is 25.4 Å². The Hall–Kier alpha value is -4.31. The summed E-state index contributed by atoms with van der Waals surface area (Å²) in [7, 11) is 0. The smallest absolute Gasteiger partial charge is 0.410 e. The van der Waals surface area contributed by atoms with Crippen LogP contribution in [-0.2, 0) is 36.9 Å². The van der Waals surface area contributed by atoms with E-state index in [4.69, 9.17) is 26.3 Å². The molecule has 0 bridgehead atoms. The number of nitrogens with zero attached hydrogens (tertiary/aromatic N) is 3. The lowest BCUT2D eigenvalue weighted by atomic mass is 10.0. The summed E-state index contributed by atoms with van der Waals surface area (Å²) in [6.07, 6.45) is 6.78. The van der Waals surface area contributed by atoms with Crippen molar-refractivity contribution in [3.8, 4) is 6.19 Å². The van der Waals surface area contributed by atoms with Gasteiger partial charge in [-0.05, 0) is 63.6 Å². The highest BCUT2D eigenvalue weighted by molar-refractivity contribution is 6.31. The van der Waals surface area contributed by atoms with E-state index in [0.29, 0.717) is 30.8 Å². The summed E-state index contributed by atoms with van der Waals surface area (Å²) in [6, 6.07) is 3.34. The Labute approximate surface area is 278 Å². The molecule has 5 atom stereocenters. The molecule has 1 saturated heterocycles. The molecule has 1 saturated carbocycles. The van der Waals surface area contributed by atoms with E-state index in [2.05, 4.69) is 16.0 Å². The van der Waals surface area contributed by atoms with Crippen molar-refractivity contribution in [3.63, 3.8) is 0 Å². The maximum atomic E-state index is 14.2. The minimum absolute atomic E-state index is 0.0273. The number of fused-ring (bicyclic) bond motifs is 3. The van der Waals surface area contributed by atoms with Crippen LogP contribution in [0.3, 0.4) is 0 Å². The Morgan fingerprint density at radius 1 is 1.15 bits per heavy atom. The molecule has 0 spiro atoms. The van der Waals surface area contributed by atoms with E-state index >= 15 is 0 Å². The number of ether oxygens (including phenoxy) is 2. The van der Waals surface area contributed by atoms with Gasteiger partial charge in [-0.2, -0.15) is 5.26 Å². The van der Waals surface area contributed by atoms with Gasteiger partial charge in [0.2, 0.25) is 11.8 Å². The molecule has 47 heavy (non-hydrogen) atoms. The molecule has 5 rings (SSSR count). The Morgan fingerprint density at radius 3 is 2.66 bits per heavy atom. The Balaban J connectivity index is 1.39. The van der Waals surface area contributed by atoms with Gasteiger partial charge in [-0.15, -0.1) is 0 Å². The van der Waals surface area contributed by atoms with Gasteiger partial charge >= 0.3 is 12.2 Å². The standard InChI is InChI=1S/C33H41ClN6O7/c1-32(2,3)47-30(44)37-25-13-8-6-4-5-7-11-21-15-33(21,29(43)36-19-35)38-27(41)26-14-22(17-40(26)28(25)42)46-31(45)39-16-20-10-9-12-24(34)23(20)18-39/h7,9-12,21-22,25-26H,4-6,8,13-18H2,1-3H3,(H,36,43)(H,37,44)(H,38,41)/t21-,22-,25+,26?,33-/m1/s1. The molecule has 5 amide bonds. The van der Waals surface area contributed by atoms with Gasteiger partial charge in [0.1, 0.15) is 29.3 Å². The van der Waals surface area contributed by atoms with Crippen molar-refractivity contribution in [3.05, 3.63) is 46.5 Å². The Morgan fingerprint density at radius 2 is 1.94 bits per heavy atom. The Bertz CT molecular complexity index is 1500. The minimum atomic E-state index is -1.35. The van der Waals surface area contributed by atoms with Gasteiger partial charge in [-0.3, -0.25) is 24.6 Å². The van der Waals surface area contributed by atoms with Crippen LogP contribution in [-0.4, -0.2) is 75.6 Å². The monoisotopic (exact) mass is 668 g/mol. The van der Waals surface area contributed by atoms with Gasteiger partial charge in [0.25, 0.3) is 5.91 Å². The van der Waals surface area contributed by atoms with E-state index < -0.39 is 59.2 Å². The minimum Gasteiger partial charge on any atom is -0.444 e. The highest BCUT2D eigenvalue weighted by Crippen LogP contribution is 2.45. The molecule has 3 aliphatic heterocycles. The highest BCUT2D eigenvalue weighted by Gasteiger charge is 2.61. The normalized spacial score (nSPS) is 27.6. The molecule has 13 nitrogen and oxygen atoms in total. The van der Waals surface area contributed by atoms with Crippen LogP contribution in [0.2, 0.25) is 5.02 Å². The average molecular weight is 669 g/mol. The molecule has 3 N–H and O–H groups in total. The van der Waals surface area contributed by atoms with Crippen LogP contribution in [0.4, 0.5) is 9.59 Å². The van der Waals surface area contributed by atoms with Gasteiger partial charge < -0.3 is 25.0 Å². The maximum Gasteiger partial charge on any atom is 0.410 e. The first-order valence-electron chi connectivity index (χ1n) is 16.0. The molecule has 252 valence electrons. The summed E-state index contributed by atoms with van der Waals surface area (Å²) in [5, 5.41) is 17.4. The van der Waals surface area contributed by atoms with Gasteiger partial charge in [0, 0.05) is 23.9 Å². The van der Waals surface area contributed by atoms with Crippen molar-refractivity contribution in [2.45, 2.75) is 108 Å². The third kappa shape index (κ3) is 7.81. The largest absolute Gasteiger partial charge is 0.444 e. The number of nitrogens with one attached hydrogen (secondary N) is 3. The zero-order valence-corrected chi connectivity index (χ0v) is 27.6. The lowest BCUT2D eigenvalue weighted by molar-refractivity contribution is -0.141. The molecule has 2 fully saturated rings. The molecule has 1 unspecified atom stereocenters. The molecule has 14 heteroatoms. The number of alkyl carbamates (subject to hydrolysis) is 1. The van der Waals surface area contributed by atoms with Gasteiger partial charge in [-0.25, -0.2) is 9.59 Å². The number of nitriles is 1. The molecular formula is C33H41ClN6O7. The summed E-state index contributed by atoms with van der Waals surface area (Å²) >= 11 is 6.33. The average Bonchev–Trinajstić information content (AvgIpc) is 3.31. The summed E-state index contributed by atoms with van der Waals surface area (Å²) < 4.78 is 11.3. The predicted molar refractivity (Wildman–Crippen MR) is 169 cm³/mol. The molecule has 4 aliphatic rings. The quantitative estimate of drug-likeness (QED) is 0.249. The van der Waals surface area contributed by atoms with Crippen LogP contribution >= 0.6 is 11.6 Å². The molecule has 1 aliphatic carbocycles. The fraction of sp³-hybridized carbons (Fsp3) is 0.576. The van der Waals surface area contributed by atoms with Crippen LogP contribution in [0.1, 0.15) is 76.8 Å². The summed E-state index contributed by atoms with van der Waals surface area (Å²) in [5.74, 6) is -2.10. The number of amides is 5. The number of hydrogen-bond acceptors (Lipinski definition) is 8. The predicted octanol–water partition coefficient (Wildman–Crippen LogP) is 3.65. The first kappa shape index (κ1) is 34.0. The van der Waals surface area contributed by atoms with Crippen molar-refractivity contribution < 1.29 is 33.4 Å². The van der Waals surface area contributed by atoms with Crippen molar-refractivity contribution in [2.75, 3.05) is 6.54 Å². The van der Waals surface area contributed by atoms with Crippen molar-refractivity contribution >= 4 is 41.5 Å². The second kappa shape index (κ2) is 13.8. The van der Waals surface area contributed by atoms with Crippen molar-refractivity contribution in [1.29, 1.82) is 5.26 Å². The fourth-order valence-electron chi connectivity index (χ4n) is 6.50. The van der Waals surface area contributed by atoms with Gasteiger partial charge in [0.15, 0.2) is 6.19 Å². The molecule has 3 heterocycles. The van der Waals surface area contributed by atoms with Crippen LogP contribution in [0.15, 0.2) is 30.4 Å². The SMILES string of the molecule is CC(C)(C)OC(=O)N[C@H]1CCCCCC=C[C@@H]2C[C@@]2(C(=O)NC#N)NC(=O)C2C[C@@H](OC(=O)N3Cc4cccc(Cl)c4C3)CN2C1=O. The topological polar surface area (TPSA) is 170 Å². The van der Waals surface area contributed by atoms with Crippen LogP contribution in [0.5, 0.6) is 0 Å². The Kier molecular flexibility index (Phi) is 10.0. The fourth-order valence-corrected chi connectivity index (χ4v) is 6.76. The lowest BCUT2D eigenvalue weighted by Crippen LogP contribution is -2.57. The van der Waals surface area contributed by atoms with E-state index in [1.54, 1.807) is 33.0 Å². The summed E-state index contributed by atoms with van der Waals surface area (Å²) in [5.41, 5.74) is -0.396. The number of carbonyl (C=O) groups excluding carboxylic acids is 5. The number of hydrogen-bond donors (Lipinski definition) is 3. The van der Waals surface area contributed by atoms with Crippen molar-refractivity contribution in [1.82, 2.24) is 25.8 Å². The lowest BCUT2D eigenvalue weighted by Gasteiger charge is -2.30. The number of carbonyl (C=O) groups is 5. The number of allylic oxidation sites excluding steroid dienone is 1. The van der Waals surface area contributed by atoms with Crippen LogP contribution < -0.4 is 16.0 Å². The summed E-state index contributed by atoms with van der Waals surface area (Å²) in [6.45, 7) is 5.62. The molecule has 0 aromatic heterocycles. The number of benzene rings is 1. The van der Waals surface area contributed by atoms with Crippen LogP contribution in [0.25, 0.3) is 0 Å². The first-order chi connectivity index (χ1) is 22.3. The molecule has 1 aromatic rings. The zero-order valence-electron chi connectivity index (χ0n) is 26.8. The third-order valence-electron chi connectivity index (χ3n) is 8.96. The molecule has 0 radical (unpaired) electrons. The van der Waals surface area contributed by atoms with E-state index in [0.717, 1.165) is 30.4 Å².